The maximum absolute atomic E-state index is 11.1. The zero-order valence-electron chi connectivity index (χ0n) is 15.4. The van der Waals surface area contributed by atoms with E-state index in [4.69, 9.17) is 4.74 Å². The van der Waals surface area contributed by atoms with E-state index >= 15 is 0 Å². The SMILES string of the molecule is COc1ccccc1C1(O)CCN(Cc2nnnn2C(C)(C)C)CC1. The molecule has 1 N–H and O–H groups in total. The third kappa shape index (κ3) is 3.67. The summed E-state index contributed by atoms with van der Waals surface area (Å²) < 4.78 is 7.29. The summed E-state index contributed by atoms with van der Waals surface area (Å²) in [4.78, 5) is 2.29. The number of hydrogen-bond acceptors (Lipinski definition) is 6. The molecule has 7 nitrogen and oxygen atoms in total. The van der Waals surface area contributed by atoms with Gasteiger partial charge in [-0.15, -0.1) is 5.10 Å². The van der Waals surface area contributed by atoms with E-state index in [-0.39, 0.29) is 5.54 Å². The quantitative estimate of drug-likeness (QED) is 0.912. The first kappa shape index (κ1) is 17.8. The van der Waals surface area contributed by atoms with Crippen LogP contribution in [0.15, 0.2) is 24.3 Å². The van der Waals surface area contributed by atoms with Gasteiger partial charge in [-0.05, 0) is 50.1 Å². The zero-order chi connectivity index (χ0) is 18.1. The number of aromatic nitrogens is 4. The van der Waals surface area contributed by atoms with Crippen LogP contribution in [0, 0.1) is 0 Å². The van der Waals surface area contributed by atoms with Crippen molar-refractivity contribution in [3.05, 3.63) is 35.7 Å². The second kappa shape index (κ2) is 6.72. The minimum absolute atomic E-state index is 0.146. The minimum Gasteiger partial charge on any atom is -0.496 e. The molecule has 0 atom stereocenters. The van der Waals surface area contributed by atoms with E-state index in [9.17, 15) is 5.11 Å². The molecule has 1 aliphatic heterocycles. The average Bonchev–Trinajstić information content (AvgIpc) is 3.05. The smallest absolute Gasteiger partial charge is 0.165 e. The van der Waals surface area contributed by atoms with Gasteiger partial charge in [-0.1, -0.05) is 18.2 Å². The Hall–Kier alpha value is -1.99. The van der Waals surface area contributed by atoms with Gasteiger partial charge in [0.05, 0.1) is 24.8 Å². The van der Waals surface area contributed by atoms with E-state index < -0.39 is 5.60 Å². The first-order valence-electron chi connectivity index (χ1n) is 8.69. The molecule has 1 aromatic heterocycles. The fourth-order valence-corrected chi connectivity index (χ4v) is 3.41. The monoisotopic (exact) mass is 345 g/mol. The fraction of sp³-hybridized carbons (Fsp3) is 0.611. The topological polar surface area (TPSA) is 76.3 Å². The van der Waals surface area contributed by atoms with E-state index in [0.29, 0.717) is 19.4 Å². The number of ether oxygens (including phenoxy) is 1. The van der Waals surface area contributed by atoms with Crippen molar-refractivity contribution in [1.82, 2.24) is 25.1 Å². The van der Waals surface area contributed by atoms with Crippen LogP contribution in [0.25, 0.3) is 0 Å². The Kier molecular flexibility index (Phi) is 4.79. The number of para-hydroxylation sites is 1. The van der Waals surface area contributed by atoms with Crippen LogP contribution in [0.3, 0.4) is 0 Å². The summed E-state index contributed by atoms with van der Waals surface area (Å²) in [5.74, 6) is 1.60. The highest BCUT2D eigenvalue weighted by Crippen LogP contribution is 2.38. The maximum atomic E-state index is 11.1. The van der Waals surface area contributed by atoms with Gasteiger partial charge in [0.25, 0.3) is 0 Å². The highest BCUT2D eigenvalue weighted by molar-refractivity contribution is 5.38. The molecule has 1 fully saturated rings. The molecule has 2 aromatic rings. The number of likely N-dealkylation sites (tertiary alicyclic amines) is 1. The fourth-order valence-electron chi connectivity index (χ4n) is 3.41. The van der Waals surface area contributed by atoms with Crippen LogP contribution in [0.5, 0.6) is 5.75 Å². The average molecular weight is 345 g/mol. The zero-order valence-corrected chi connectivity index (χ0v) is 15.4. The van der Waals surface area contributed by atoms with Crippen LogP contribution in [-0.4, -0.2) is 50.4 Å². The van der Waals surface area contributed by atoms with Crippen molar-refractivity contribution in [2.45, 2.75) is 51.3 Å². The molecule has 0 amide bonds. The predicted octanol–water partition coefficient (Wildman–Crippen LogP) is 1.92. The third-order valence-corrected chi connectivity index (χ3v) is 4.83. The highest BCUT2D eigenvalue weighted by atomic mass is 16.5. The Labute approximate surface area is 148 Å². The number of piperidine rings is 1. The van der Waals surface area contributed by atoms with Gasteiger partial charge in [-0.25, -0.2) is 4.68 Å². The van der Waals surface area contributed by atoms with Gasteiger partial charge < -0.3 is 9.84 Å². The van der Waals surface area contributed by atoms with Crippen molar-refractivity contribution in [2.24, 2.45) is 0 Å². The highest BCUT2D eigenvalue weighted by Gasteiger charge is 2.36. The molecule has 2 heterocycles. The van der Waals surface area contributed by atoms with Crippen molar-refractivity contribution in [3.63, 3.8) is 0 Å². The summed E-state index contributed by atoms with van der Waals surface area (Å²) >= 11 is 0. The lowest BCUT2D eigenvalue weighted by Crippen LogP contribution is -2.43. The normalized spacial score (nSPS) is 18.3. The van der Waals surface area contributed by atoms with Crippen LogP contribution in [0.4, 0.5) is 0 Å². The van der Waals surface area contributed by atoms with Crippen molar-refractivity contribution < 1.29 is 9.84 Å². The van der Waals surface area contributed by atoms with Crippen LogP contribution in [0.2, 0.25) is 0 Å². The molecule has 0 aliphatic carbocycles. The maximum Gasteiger partial charge on any atom is 0.165 e. The molecule has 0 saturated carbocycles. The van der Waals surface area contributed by atoms with Gasteiger partial charge in [0, 0.05) is 18.7 Å². The molecule has 0 bridgehead atoms. The molecule has 3 rings (SSSR count). The van der Waals surface area contributed by atoms with E-state index in [1.807, 2.05) is 28.9 Å². The number of tetrazole rings is 1. The third-order valence-electron chi connectivity index (χ3n) is 4.83. The molecule has 136 valence electrons. The Morgan fingerprint density at radius 2 is 1.88 bits per heavy atom. The molecule has 1 aromatic carbocycles. The van der Waals surface area contributed by atoms with Gasteiger partial charge in [0.1, 0.15) is 5.75 Å². The van der Waals surface area contributed by atoms with Crippen molar-refractivity contribution in [2.75, 3.05) is 20.2 Å². The molecule has 1 saturated heterocycles. The van der Waals surface area contributed by atoms with Gasteiger partial charge in [-0.2, -0.15) is 0 Å². The Morgan fingerprint density at radius 1 is 1.20 bits per heavy atom. The van der Waals surface area contributed by atoms with Gasteiger partial charge >= 0.3 is 0 Å². The van der Waals surface area contributed by atoms with Crippen molar-refractivity contribution in [3.8, 4) is 5.75 Å². The lowest BCUT2D eigenvalue weighted by molar-refractivity contribution is -0.0301. The second-order valence-corrected chi connectivity index (χ2v) is 7.69. The minimum atomic E-state index is -0.848. The summed E-state index contributed by atoms with van der Waals surface area (Å²) in [6, 6.07) is 7.72. The Morgan fingerprint density at radius 3 is 2.52 bits per heavy atom. The summed E-state index contributed by atoms with van der Waals surface area (Å²) in [6.45, 7) is 8.51. The van der Waals surface area contributed by atoms with E-state index in [1.54, 1.807) is 7.11 Å². The van der Waals surface area contributed by atoms with Crippen molar-refractivity contribution >= 4 is 0 Å². The standard InChI is InChI=1S/C18H27N5O2/c1-17(2,3)23-16(19-20-21-23)13-22-11-9-18(24,10-12-22)14-7-5-6-8-15(14)25-4/h5-8,24H,9-13H2,1-4H3. The Balaban J connectivity index is 1.69. The molecule has 1 aliphatic rings. The molecule has 25 heavy (non-hydrogen) atoms. The molecule has 0 spiro atoms. The van der Waals surface area contributed by atoms with E-state index in [2.05, 4.69) is 41.2 Å². The number of benzene rings is 1. The molecule has 0 radical (unpaired) electrons. The van der Waals surface area contributed by atoms with Gasteiger partial charge in [0.2, 0.25) is 0 Å². The Bertz CT molecular complexity index is 714. The van der Waals surface area contributed by atoms with E-state index in [0.717, 1.165) is 30.2 Å². The number of methoxy groups -OCH3 is 1. The lowest BCUT2D eigenvalue weighted by Gasteiger charge is -2.39. The second-order valence-electron chi connectivity index (χ2n) is 7.69. The van der Waals surface area contributed by atoms with Crippen LogP contribution in [0.1, 0.15) is 45.0 Å². The molecular formula is C18H27N5O2. The molecular weight excluding hydrogens is 318 g/mol. The van der Waals surface area contributed by atoms with E-state index in [1.165, 1.54) is 0 Å². The summed E-state index contributed by atoms with van der Waals surface area (Å²) in [5.41, 5.74) is -0.122. The van der Waals surface area contributed by atoms with Crippen LogP contribution in [-0.2, 0) is 17.7 Å². The summed E-state index contributed by atoms with van der Waals surface area (Å²) in [6.07, 6.45) is 1.31. The largest absolute Gasteiger partial charge is 0.496 e. The number of aliphatic hydroxyl groups is 1. The molecule has 7 heteroatoms. The van der Waals surface area contributed by atoms with Gasteiger partial charge in [0.15, 0.2) is 5.82 Å². The number of nitrogens with zero attached hydrogens (tertiary/aromatic N) is 5. The summed E-state index contributed by atoms with van der Waals surface area (Å²) in [7, 11) is 1.64. The summed E-state index contributed by atoms with van der Waals surface area (Å²) in [5, 5.41) is 23.2. The van der Waals surface area contributed by atoms with Crippen molar-refractivity contribution in [1.29, 1.82) is 0 Å². The number of rotatable bonds is 4. The lowest BCUT2D eigenvalue weighted by atomic mass is 9.84. The van der Waals surface area contributed by atoms with Crippen LogP contribution >= 0.6 is 0 Å². The molecule has 0 unspecified atom stereocenters. The first-order valence-corrected chi connectivity index (χ1v) is 8.69. The predicted molar refractivity (Wildman–Crippen MR) is 94.2 cm³/mol. The first-order chi connectivity index (χ1) is 11.8. The van der Waals surface area contributed by atoms with Crippen LogP contribution < -0.4 is 4.74 Å². The van der Waals surface area contributed by atoms with Gasteiger partial charge in [-0.3, -0.25) is 4.90 Å². The number of hydrogen-bond donors (Lipinski definition) is 1.